The minimum Gasteiger partial charge on any atom is -0.507 e. The van der Waals surface area contributed by atoms with Crippen molar-refractivity contribution < 1.29 is 14.3 Å². The van der Waals surface area contributed by atoms with Gasteiger partial charge >= 0.3 is 5.63 Å². The summed E-state index contributed by atoms with van der Waals surface area (Å²) in [6.45, 7) is 2.12. The number of aromatic hydroxyl groups is 1. The van der Waals surface area contributed by atoms with Crippen molar-refractivity contribution in [3.05, 3.63) is 34.4 Å². The number of phenols is 1. The van der Waals surface area contributed by atoms with Gasteiger partial charge in [0.25, 0.3) is 0 Å². The molecule has 0 saturated carbocycles. The summed E-state index contributed by atoms with van der Waals surface area (Å²) in [7, 11) is 1.52. The average Bonchev–Trinajstić information content (AvgIpc) is 2.38. The highest BCUT2D eigenvalue weighted by atomic mass is 16.5. The van der Waals surface area contributed by atoms with Gasteiger partial charge in [0.2, 0.25) is 0 Å². The van der Waals surface area contributed by atoms with E-state index < -0.39 is 5.63 Å². The maximum Gasteiger partial charge on any atom is 0.347 e. The zero-order valence-electron chi connectivity index (χ0n) is 11.2. The van der Waals surface area contributed by atoms with E-state index in [9.17, 15) is 9.90 Å². The second kappa shape index (κ2) is 5.78. The van der Waals surface area contributed by atoms with Crippen molar-refractivity contribution in [2.24, 2.45) is 0 Å². The van der Waals surface area contributed by atoms with Crippen molar-refractivity contribution >= 4 is 10.8 Å². The molecule has 0 radical (unpaired) electrons. The highest BCUT2D eigenvalue weighted by molar-refractivity contribution is 5.88. The summed E-state index contributed by atoms with van der Waals surface area (Å²) in [5, 5.41) is 10.7. The Kier molecular flexibility index (Phi) is 4.10. The van der Waals surface area contributed by atoms with E-state index >= 15 is 0 Å². The van der Waals surface area contributed by atoms with Gasteiger partial charge in [-0.15, -0.1) is 0 Å². The van der Waals surface area contributed by atoms with Crippen LogP contribution in [-0.2, 0) is 6.42 Å². The maximum absolute atomic E-state index is 11.9. The number of benzene rings is 1. The van der Waals surface area contributed by atoms with Crippen LogP contribution >= 0.6 is 0 Å². The van der Waals surface area contributed by atoms with E-state index in [1.807, 2.05) is 0 Å². The first-order valence-corrected chi connectivity index (χ1v) is 6.49. The second-order valence-corrected chi connectivity index (χ2v) is 4.57. The Hall–Kier alpha value is -1.97. The van der Waals surface area contributed by atoms with E-state index in [2.05, 4.69) is 6.92 Å². The van der Waals surface area contributed by atoms with Crippen LogP contribution in [-0.4, -0.2) is 12.2 Å². The van der Waals surface area contributed by atoms with E-state index in [1.165, 1.54) is 13.2 Å². The van der Waals surface area contributed by atoms with Crippen molar-refractivity contribution in [1.82, 2.24) is 0 Å². The van der Waals surface area contributed by atoms with E-state index in [0.717, 1.165) is 25.7 Å². The number of methoxy groups -OCH3 is 1. The molecule has 0 unspecified atom stereocenters. The number of ether oxygens (including phenoxy) is 1. The average molecular weight is 262 g/mol. The minimum absolute atomic E-state index is 0.108. The van der Waals surface area contributed by atoms with Gasteiger partial charge in [-0.2, -0.15) is 0 Å². The fourth-order valence-electron chi connectivity index (χ4n) is 2.12. The largest absolute Gasteiger partial charge is 0.507 e. The Morgan fingerprint density at radius 3 is 2.74 bits per heavy atom. The van der Waals surface area contributed by atoms with E-state index in [1.54, 1.807) is 12.1 Å². The monoisotopic (exact) mass is 262 g/mol. The molecule has 19 heavy (non-hydrogen) atoms. The normalized spacial score (nSPS) is 10.8. The molecule has 0 aliphatic heterocycles. The Labute approximate surface area is 111 Å². The van der Waals surface area contributed by atoms with Crippen LogP contribution in [0.25, 0.3) is 10.8 Å². The van der Waals surface area contributed by atoms with Crippen molar-refractivity contribution in [3.8, 4) is 11.5 Å². The van der Waals surface area contributed by atoms with Crippen LogP contribution in [0.5, 0.6) is 11.5 Å². The lowest BCUT2D eigenvalue weighted by molar-refractivity contribution is 0.408. The van der Waals surface area contributed by atoms with Gasteiger partial charge in [-0.3, -0.25) is 0 Å². The van der Waals surface area contributed by atoms with E-state index in [4.69, 9.17) is 9.15 Å². The SMILES string of the molecule is CCCCCc1cc2cc(OC)cc(O)c2c(=O)o1. The smallest absolute Gasteiger partial charge is 0.347 e. The number of fused-ring (bicyclic) bond motifs is 1. The molecule has 0 aliphatic carbocycles. The molecule has 4 heteroatoms. The third-order valence-corrected chi connectivity index (χ3v) is 3.13. The van der Waals surface area contributed by atoms with Gasteiger partial charge in [-0.05, 0) is 23.9 Å². The molecule has 0 bridgehead atoms. The molecular formula is C15H18O4. The van der Waals surface area contributed by atoms with E-state index in [0.29, 0.717) is 16.9 Å². The van der Waals surface area contributed by atoms with Gasteiger partial charge in [0, 0.05) is 12.5 Å². The predicted molar refractivity (Wildman–Crippen MR) is 73.9 cm³/mol. The number of hydrogen-bond acceptors (Lipinski definition) is 4. The molecular weight excluding hydrogens is 244 g/mol. The Balaban J connectivity index is 2.46. The molecule has 1 aromatic carbocycles. The third-order valence-electron chi connectivity index (χ3n) is 3.13. The first-order chi connectivity index (χ1) is 9.15. The first kappa shape index (κ1) is 13.5. The number of phenolic OH excluding ortho intramolecular Hbond substituents is 1. The lowest BCUT2D eigenvalue weighted by Gasteiger charge is -2.06. The zero-order chi connectivity index (χ0) is 13.8. The van der Waals surface area contributed by atoms with Crippen molar-refractivity contribution in [2.45, 2.75) is 32.6 Å². The van der Waals surface area contributed by atoms with Crippen LogP contribution in [0.1, 0.15) is 31.9 Å². The molecule has 0 fully saturated rings. The van der Waals surface area contributed by atoms with Crippen molar-refractivity contribution in [2.75, 3.05) is 7.11 Å². The standard InChI is InChI=1S/C15H18O4/c1-3-4-5-6-11-7-10-8-12(18-2)9-13(16)14(10)15(17)19-11/h7-9,16H,3-6H2,1-2H3. The molecule has 2 rings (SSSR count). The third kappa shape index (κ3) is 2.89. The van der Waals surface area contributed by atoms with Crippen LogP contribution in [0.3, 0.4) is 0 Å². The van der Waals surface area contributed by atoms with E-state index in [-0.39, 0.29) is 11.1 Å². The summed E-state index contributed by atoms with van der Waals surface area (Å²) in [6.07, 6.45) is 3.94. The van der Waals surface area contributed by atoms with Gasteiger partial charge in [0.15, 0.2) is 0 Å². The summed E-state index contributed by atoms with van der Waals surface area (Å²) in [6, 6.07) is 4.94. The quantitative estimate of drug-likeness (QED) is 0.840. The molecule has 0 atom stereocenters. The second-order valence-electron chi connectivity index (χ2n) is 4.57. The van der Waals surface area contributed by atoms with Gasteiger partial charge in [0.1, 0.15) is 22.6 Å². The fourth-order valence-corrected chi connectivity index (χ4v) is 2.12. The number of hydrogen-bond donors (Lipinski definition) is 1. The zero-order valence-corrected chi connectivity index (χ0v) is 11.2. The lowest BCUT2D eigenvalue weighted by atomic mass is 10.1. The highest BCUT2D eigenvalue weighted by Gasteiger charge is 2.11. The molecule has 0 spiro atoms. The minimum atomic E-state index is -0.496. The molecule has 0 amide bonds. The molecule has 2 aromatic rings. The summed E-state index contributed by atoms with van der Waals surface area (Å²) < 4.78 is 10.3. The molecule has 102 valence electrons. The topological polar surface area (TPSA) is 59.7 Å². The number of rotatable bonds is 5. The molecule has 1 N–H and O–H groups in total. The lowest BCUT2D eigenvalue weighted by Crippen LogP contribution is -2.03. The molecule has 1 heterocycles. The first-order valence-electron chi connectivity index (χ1n) is 6.49. The highest BCUT2D eigenvalue weighted by Crippen LogP contribution is 2.28. The Morgan fingerprint density at radius 1 is 1.26 bits per heavy atom. The predicted octanol–water partition coefficient (Wildman–Crippen LogP) is 3.24. The maximum atomic E-state index is 11.9. The van der Waals surface area contributed by atoms with Crippen LogP contribution < -0.4 is 10.4 Å². The number of unbranched alkanes of at least 4 members (excludes halogenated alkanes) is 2. The summed E-state index contributed by atoms with van der Waals surface area (Å²) >= 11 is 0. The van der Waals surface area contributed by atoms with Crippen molar-refractivity contribution in [1.29, 1.82) is 0 Å². The van der Waals surface area contributed by atoms with Crippen LogP contribution in [0, 0.1) is 0 Å². The molecule has 1 aromatic heterocycles. The Morgan fingerprint density at radius 2 is 2.05 bits per heavy atom. The molecule has 4 nitrogen and oxygen atoms in total. The Bertz CT molecular complexity index is 628. The number of aryl methyl sites for hydroxylation is 1. The van der Waals surface area contributed by atoms with Crippen LogP contribution in [0.2, 0.25) is 0 Å². The van der Waals surface area contributed by atoms with Crippen LogP contribution in [0.4, 0.5) is 0 Å². The molecule has 0 saturated heterocycles. The summed E-state index contributed by atoms with van der Waals surface area (Å²) in [5.74, 6) is 1.07. The van der Waals surface area contributed by atoms with Gasteiger partial charge in [0.05, 0.1) is 7.11 Å². The van der Waals surface area contributed by atoms with Gasteiger partial charge < -0.3 is 14.3 Å². The van der Waals surface area contributed by atoms with Gasteiger partial charge in [-0.25, -0.2) is 4.79 Å². The van der Waals surface area contributed by atoms with Crippen molar-refractivity contribution in [3.63, 3.8) is 0 Å². The summed E-state index contributed by atoms with van der Waals surface area (Å²) in [5.41, 5.74) is -0.496. The fraction of sp³-hybridized carbons (Fsp3) is 0.400. The van der Waals surface area contributed by atoms with Crippen LogP contribution in [0.15, 0.2) is 27.4 Å². The molecule has 0 aliphatic rings. The van der Waals surface area contributed by atoms with Gasteiger partial charge in [-0.1, -0.05) is 19.8 Å². The summed E-state index contributed by atoms with van der Waals surface area (Å²) in [4.78, 5) is 11.9.